The first-order valence-electron chi connectivity index (χ1n) is 9.45. The summed E-state index contributed by atoms with van der Waals surface area (Å²) in [6, 6.07) is 11.8. The van der Waals surface area contributed by atoms with Crippen LogP contribution in [0.4, 0.5) is 5.13 Å². The summed E-state index contributed by atoms with van der Waals surface area (Å²) >= 11 is 1.52. The van der Waals surface area contributed by atoms with Crippen molar-refractivity contribution in [2.24, 2.45) is 0 Å². The maximum absolute atomic E-state index is 13.4. The third-order valence-electron chi connectivity index (χ3n) is 4.38. The lowest BCUT2D eigenvalue weighted by atomic mass is 10.1. The Kier molecular flexibility index (Phi) is 6.31. The van der Waals surface area contributed by atoms with Gasteiger partial charge in [-0.15, -0.1) is 0 Å². The normalized spacial score (nSPS) is 11.2. The van der Waals surface area contributed by atoms with Crippen LogP contribution in [0, 0.1) is 13.8 Å². The Morgan fingerprint density at radius 1 is 1.07 bits per heavy atom. The molecule has 2 aromatic carbocycles. The Labute approximate surface area is 170 Å². The van der Waals surface area contributed by atoms with Crippen molar-refractivity contribution in [2.75, 3.05) is 38.7 Å². The van der Waals surface area contributed by atoms with Gasteiger partial charge < -0.3 is 9.64 Å². The first kappa shape index (κ1) is 20.3. The number of anilines is 1. The van der Waals surface area contributed by atoms with Gasteiger partial charge >= 0.3 is 0 Å². The summed E-state index contributed by atoms with van der Waals surface area (Å²) < 4.78 is 6.62. The van der Waals surface area contributed by atoms with Crippen molar-refractivity contribution in [1.29, 1.82) is 0 Å². The molecule has 1 amide bonds. The topological polar surface area (TPSA) is 45.7 Å². The summed E-state index contributed by atoms with van der Waals surface area (Å²) in [6.07, 6.45) is 0. The number of fused-ring (bicyclic) bond motifs is 1. The zero-order valence-corrected chi connectivity index (χ0v) is 18.0. The van der Waals surface area contributed by atoms with Crippen molar-refractivity contribution in [3.05, 3.63) is 53.1 Å². The van der Waals surface area contributed by atoms with Crippen LogP contribution in [0.15, 0.2) is 36.4 Å². The maximum atomic E-state index is 13.4. The Morgan fingerprint density at radius 3 is 2.43 bits per heavy atom. The van der Waals surface area contributed by atoms with E-state index in [9.17, 15) is 4.79 Å². The highest BCUT2D eigenvalue weighted by Gasteiger charge is 2.22. The average Bonchev–Trinajstić information content (AvgIpc) is 3.04. The van der Waals surface area contributed by atoms with Gasteiger partial charge in [-0.05, 0) is 65.2 Å². The van der Waals surface area contributed by atoms with E-state index in [4.69, 9.17) is 9.72 Å². The van der Waals surface area contributed by atoms with Gasteiger partial charge in [-0.25, -0.2) is 4.98 Å². The molecule has 0 bridgehead atoms. The van der Waals surface area contributed by atoms with E-state index in [0.717, 1.165) is 38.8 Å². The molecule has 1 aromatic heterocycles. The zero-order chi connectivity index (χ0) is 20.3. The van der Waals surface area contributed by atoms with Gasteiger partial charge in [0.2, 0.25) is 0 Å². The summed E-state index contributed by atoms with van der Waals surface area (Å²) in [6.45, 7) is 7.96. The Balaban J connectivity index is 1.99. The fraction of sp³-hybridized carbons (Fsp3) is 0.364. The van der Waals surface area contributed by atoms with Gasteiger partial charge in [-0.2, -0.15) is 0 Å². The van der Waals surface area contributed by atoms with E-state index < -0.39 is 0 Å². The number of carbonyl (C=O) groups excluding carboxylic acids is 1. The van der Waals surface area contributed by atoms with E-state index in [2.05, 4.69) is 11.0 Å². The Hall–Kier alpha value is -2.44. The number of rotatable bonds is 7. The zero-order valence-electron chi connectivity index (χ0n) is 17.2. The quantitative estimate of drug-likeness (QED) is 0.588. The minimum atomic E-state index is -0.0160. The number of amides is 1. The van der Waals surface area contributed by atoms with Crippen molar-refractivity contribution < 1.29 is 9.53 Å². The Bertz CT molecular complexity index is 961. The molecule has 0 saturated carbocycles. The van der Waals surface area contributed by atoms with Crippen LogP contribution in [0.2, 0.25) is 0 Å². The fourth-order valence-corrected chi connectivity index (χ4v) is 4.12. The lowest BCUT2D eigenvalue weighted by molar-refractivity contribution is 0.0985. The summed E-state index contributed by atoms with van der Waals surface area (Å²) in [5.41, 5.74) is 3.75. The van der Waals surface area contributed by atoms with Crippen LogP contribution in [0.3, 0.4) is 0 Å². The van der Waals surface area contributed by atoms with Crippen LogP contribution in [0.25, 0.3) is 10.2 Å². The minimum Gasteiger partial charge on any atom is -0.494 e. The van der Waals surface area contributed by atoms with Crippen molar-refractivity contribution >= 4 is 32.6 Å². The smallest absolute Gasteiger partial charge is 0.260 e. The van der Waals surface area contributed by atoms with E-state index in [1.54, 1.807) is 4.90 Å². The van der Waals surface area contributed by atoms with Crippen molar-refractivity contribution in [3.8, 4) is 5.75 Å². The predicted octanol–water partition coefficient (Wildman–Crippen LogP) is 4.52. The molecule has 0 fully saturated rings. The number of hydrogen-bond acceptors (Lipinski definition) is 5. The summed E-state index contributed by atoms with van der Waals surface area (Å²) in [5.74, 6) is 0.809. The molecule has 0 aliphatic rings. The van der Waals surface area contributed by atoms with E-state index in [1.165, 1.54) is 11.3 Å². The summed E-state index contributed by atoms with van der Waals surface area (Å²) in [7, 11) is 4.01. The van der Waals surface area contributed by atoms with Gasteiger partial charge in [0.25, 0.3) is 5.91 Å². The summed E-state index contributed by atoms with van der Waals surface area (Å²) in [4.78, 5) is 22.0. The minimum absolute atomic E-state index is 0.0160. The number of aryl methyl sites for hydroxylation is 2. The van der Waals surface area contributed by atoms with Crippen LogP contribution in [-0.2, 0) is 0 Å². The van der Waals surface area contributed by atoms with Crippen LogP contribution >= 0.6 is 11.3 Å². The number of thiazole rings is 1. The van der Waals surface area contributed by atoms with Gasteiger partial charge in [0.1, 0.15) is 5.75 Å². The number of nitrogens with zero attached hydrogens (tertiary/aromatic N) is 3. The third-order valence-corrected chi connectivity index (χ3v) is 5.42. The lowest BCUT2D eigenvalue weighted by Crippen LogP contribution is -2.36. The molecule has 28 heavy (non-hydrogen) atoms. The van der Waals surface area contributed by atoms with E-state index in [-0.39, 0.29) is 5.91 Å². The van der Waals surface area contributed by atoms with Gasteiger partial charge in [-0.1, -0.05) is 28.5 Å². The molecule has 0 spiro atoms. The molecule has 3 rings (SSSR count). The second kappa shape index (κ2) is 8.71. The largest absolute Gasteiger partial charge is 0.494 e. The molecule has 5 nitrogen and oxygen atoms in total. The number of benzene rings is 2. The van der Waals surface area contributed by atoms with Gasteiger partial charge in [0.15, 0.2) is 5.13 Å². The molecular formula is C22H27N3O2S. The summed E-state index contributed by atoms with van der Waals surface area (Å²) in [5, 5.41) is 0.717. The standard InChI is InChI=1S/C22H27N3O2S/c1-6-27-18-7-8-19-20(14-18)28-22(23-19)25(10-9-24(4)5)21(26)17-12-15(2)11-16(3)13-17/h7-8,11-14H,6,9-10H2,1-5H3. The highest BCUT2D eigenvalue weighted by atomic mass is 32.1. The molecule has 1 heterocycles. The molecule has 0 saturated heterocycles. The van der Waals surface area contributed by atoms with E-state index >= 15 is 0 Å². The number of likely N-dealkylation sites (N-methyl/N-ethyl adjacent to an activating group) is 1. The monoisotopic (exact) mass is 397 g/mol. The molecule has 0 aliphatic heterocycles. The average molecular weight is 398 g/mol. The Morgan fingerprint density at radius 2 is 1.79 bits per heavy atom. The lowest BCUT2D eigenvalue weighted by Gasteiger charge is -2.22. The first-order chi connectivity index (χ1) is 13.4. The van der Waals surface area contributed by atoms with Gasteiger partial charge in [0, 0.05) is 18.7 Å². The molecule has 0 aliphatic carbocycles. The first-order valence-corrected chi connectivity index (χ1v) is 10.3. The van der Waals surface area contributed by atoms with Gasteiger partial charge in [0.05, 0.1) is 16.8 Å². The van der Waals surface area contributed by atoms with E-state index in [1.807, 2.05) is 65.2 Å². The number of ether oxygens (including phenoxy) is 1. The molecule has 3 aromatic rings. The number of carbonyl (C=O) groups is 1. The second-order valence-corrected chi connectivity index (χ2v) is 8.20. The molecule has 6 heteroatoms. The van der Waals surface area contributed by atoms with Crippen molar-refractivity contribution in [1.82, 2.24) is 9.88 Å². The highest BCUT2D eigenvalue weighted by Crippen LogP contribution is 2.32. The molecule has 0 atom stereocenters. The van der Waals surface area contributed by atoms with Crippen molar-refractivity contribution in [2.45, 2.75) is 20.8 Å². The van der Waals surface area contributed by atoms with E-state index in [0.29, 0.717) is 18.7 Å². The molecule has 0 N–H and O–H groups in total. The predicted molar refractivity (Wildman–Crippen MR) is 117 cm³/mol. The number of hydrogen-bond donors (Lipinski definition) is 0. The van der Waals surface area contributed by atoms with Crippen LogP contribution in [-0.4, -0.2) is 49.6 Å². The molecule has 148 valence electrons. The molecule has 0 unspecified atom stereocenters. The fourth-order valence-electron chi connectivity index (χ4n) is 3.10. The third kappa shape index (κ3) is 4.69. The maximum Gasteiger partial charge on any atom is 0.260 e. The SMILES string of the molecule is CCOc1ccc2nc(N(CCN(C)C)C(=O)c3cc(C)cc(C)c3)sc2c1. The van der Waals surface area contributed by atoms with Crippen molar-refractivity contribution in [3.63, 3.8) is 0 Å². The number of aromatic nitrogens is 1. The van der Waals surface area contributed by atoms with Crippen LogP contribution in [0.5, 0.6) is 5.75 Å². The second-order valence-electron chi connectivity index (χ2n) is 7.20. The highest BCUT2D eigenvalue weighted by molar-refractivity contribution is 7.22. The van der Waals surface area contributed by atoms with Crippen LogP contribution < -0.4 is 9.64 Å². The molecular weight excluding hydrogens is 370 g/mol. The van der Waals surface area contributed by atoms with Gasteiger partial charge in [-0.3, -0.25) is 9.69 Å². The molecule has 0 radical (unpaired) electrons. The van der Waals surface area contributed by atoms with Crippen LogP contribution in [0.1, 0.15) is 28.4 Å².